The summed E-state index contributed by atoms with van der Waals surface area (Å²) in [6.07, 6.45) is 1.61. The van der Waals surface area contributed by atoms with E-state index < -0.39 is 0 Å². The van der Waals surface area contributed by atoms with Crippen LogP contribution in [0.15, 0.2) is 60.7 Å². The number of methoxy groups -OCH3 is 1. The van der Waals surface area contributed by atoms with Crippen LogP contribution in [0.1, 0.15) is 51.6 Å². The van der Waals surface area contributed by atoms with Crippen molar-refractivity contribution in [2.45, 2.75) is 45.3 Å². The number of ether oxygens (including phenoxy) is 3. The van der Waals surface area contributed by atoms with Crippen LogP contribution in [-0.2, 0) is 16.0 Å². The van der Waals surface area contributed by atoms with Gasteiger partial charge in [0.2, 0.25) is 5.88 Å². The Morgan fingerprint density at radius 3 is 2.50 bits per heavy atom. The molecule has 2 fully saturated rings. The number of hydrogen-bond donors (Lipinski definition) is 0. The molecule has 1 unspecified atom stereocenters. The lowest BCUT2D eigenvalue weighted by Crippen LogP contribution is -2.46. The van der Waals surface area contributed by atoms with Crippen LogP contribution in [0.2, 0.25) is 0 Å². The van der Waals surface area contributed by atoms with Gasteiger partial charge >= 0.3 is 12.1 Å². The van der Waals surface area contributed by atoms with Gasteiger partial charge in [0.05, 0.1) is 18.7 Å². The highest BCUT2D eigenvalue weighted by Gasteiger charge is 2.40. The summed E-state index contributed by atoms with van der Waals surface area (Å²) in [6, 6.07) is 19.5. The van der Waals surface area contributed by atoms with E-state index in [1.165, 1.54) is 7.11 Å². The van der Waals surface area contributed by atoms with Gasteiger partial charge in [0.15, 0.2) is 0 Å². The lowest BCUT2D eigenvalue weighted by atomic mass is 9.98. The third-order valence-electron chi connectivity index (χ3n) is 7.44. The van der Waals surface area contributed by atoms with E-state index in [2.05, 4.69) is 28.1 Å². The van der Waals surface area contributed by atoms with Crippen LogP contribution in [-0.4, -0.2) is 59.7 Å². The van der Waals surface area contributed by atoms with Gasteiger partial charge in [0.1, 0.15) is 12.4 Å². The number of likely N-dealkylation sites (tertiary alicyclic amines) is 1. The number of hydrogen-bond acceptors (Lipinski definition) is 7. The first-order valence-electron chi connectivity index (χ1n) is 13.0. The van der Waals surface area contributed by atoms with E-state index in [9.17, 15) is 9.59 Å². The van der Waals surface area contributed by atoms with Crippen LogP contribution >= 0.6 is 0 Å². The first kappa shape index (κ1) is 25.7. The Morgan fingerprint density at radius 2 is 1.82 bits per heavy atom. The predicted octanol–water partition coefficient (Wildman–Crippen LogP) is 5.44. The van der Waals surface area contributed by atoms with Crippen molar-refractivity contribution in [1.82, 2.24) is 14.8 Å². The van der Waals surface area contributed by atoms with Crippen molar-refractivity contribution in [2.75, 3.05) is 26.8 Å². The minimum atomic E-state index is -0.368. The van der Waals surface area contributed by atoms with E-state index in [-0.39, 0.29) is 24.1 Å². The molecule has 1 aromatic heterocycles. The molecule has 38 heavy (non-hydrogen) atoms. The van der Waals surface area contributed by atoms with Crippen molar-refractivity contribution in [2.24, 2.45) is 0 Å². The number of aromatic nitrogens is 1. The smallest absolute Gasteiger partial charge is 0.410 e. The van der Waals surface area contributed by atoms with Crippen LogP contribution in [0.4, 0.5) is 4.79 Å². The Labute approximate surface area is 223 Å². The van der Waals surface area contributed by atoms with Gasteiger partial charge < -0.3 is 14.2 Å². The second-order valence-electron chi connectivity index (χ2n) is 9.88. The normalized spacial score (nSPS) is 18.3. The summed E-state index contributed by atoms with van der Waals surface area (Å²) < 4.78 is 16.2. The summed E-state index contributed by atoms with van der Waals surface area (Å²) in [5.41, 5.74) is 4.48. The van der Waals surface area contributed by atoms with Crippen molar-refractivity contribution in [3.05, 3.63) is 88.6 Å². The average Bonchev–Trinajstić information content (AvgIpc) is 3.32. The van der Waals surface area contributed by atoms with Crippen LogP contribution in [0.25, 0.3) is 0 Å². The van der Waals surface area contributed by atoms with Gasteiger partial charge in [0, 0.05) is 37.4 Å². The quantitative estimate of drug-likeness (QED) is 0.388. The maximum atomic E-state index is 12.6. The minimum Gasteiger partial charge on any atom is -0.465 e. The maximum Gasteiger partial charge on any atom is 0.410 e. The highest BCUT2D eigenvalue weighted by atomic mass is 16.6. The summed E-state index contributed by atoms with van der Waals surface area (Å²) in [7, 11) is 1.37. The lowest BCUT2D eigenvalue weighted by Gasteiger charge is -2.38. The van der Waals surface area contributed by atoms with Crippen molar-refractivity contribution >= 4 is 12.1 Å². The number of esters is 1. The summed E-state index contributed by atoms with van der Waals surface area (Å²) in [5, 5.41) is 0. The monoisotopic (exact) mass is 515 g/mol. The predicted molar refractivity (Wildman–Crippen MR) is 142 cm³/mol. The van der Waals surface area contributed by atoms with E-state index in [1.54, 1.807) is 18.2 Å². The number of benzene rings is 2. The molecule has 2 saturated heterocycles. The molecule has 198 valence electrons. The van der Waals surface area contributed by atoms with Crippen molar-refractivity contribution in [3.63, 3.8) is 0 Å². The second kappa shape index (κ2) is 11.2. The zero-order valence-electron chi connectivity index (χ0n) is 22.1. The molecule has 1 atom stereocenters. The Bertz CT molecular complexity index is 1300. The van der Waals surface area contributed by atoms with E-state index in [1.807, 2.05) is 43.0 Å². The number of aryl methyl sites for hydroxylation is 2. The molecule has 0 N–H and O–H groups in total. The highest BCUT2D eigenvalue weighted by Crippen LogP contribution is 2.33. The molecule has 2 aliphatic heterocycles. The van der Waals surface area contributed by atoms with Gasteiger partial charge in [-0.1, -0.05) is 36.4 Å². The highest BCUT2D eigenvalue weighted by molar-refractivity contribution is 5.91. The fourth-order valence-electron chi connectivity index (χ4n) is 5.31. The van der Waals surface area contributed by atoms with E-state index in [0.29, 0.717) is 23.8 Å². The first-order chi connectivity index (χ1) is 18.4. The zero-order valence-corrected chi connectivity index (χ0v) is 22.1. The lowest BCUT2D eigenvalue weighted by molar-refractivity contribution is 0.0600. The Kier molecular flexibility index (Phi) is 7.60. The zero-order chi connectivity index (χ0) is 26.6. The maximum absolute atomic E-state index is 12.6. The van der Waals surface area contributed by atoms with Crippen molar-refractivity contribution in [3.8, 4) is 11.6 Å². The molecule has 2 aromatic carbocycles. The number of pyridine rings is 1. The van der Waals surface area contributed by atoms with E-state index >= 15 is 0 Å². The SMILES string of the molecule is COC(=O)c1ccc(Oc2ccc(CN3CCC(N4C(=O)OCC4c4ccccc4)CC3)c(C)n2)cc1C. The number of cyclic esters (lactones) is 1. The molecular formula is C30H33N3O5. The fourth-order valence-corrected chi connectivity index (χ4v) is 5.31. The molecular weight excluding hydrogens is 482 g/mol. The molecule has 2 aliphatic rings. The fraction of sp³-hybridized carbons (Fsp3) is 0.367. The summed E-state index contributed by atoms with van der Waals surface area (Å²) in [5.74, 6) is 0.758. The minimum absolute atomic E-state index is 0.0142. The number of amides is 1. The Balaban J connectivity index is 1.18. The molecule has 8 nitrogen and oxygen atoms in total. The van der Waals surface area contributed by atoms with Crippen LogP contribution < -0.4 is 4.74 Å². The topological polar surface area (TPSA) is 81.2 Å². The third-order valence-corrected chi connectivity index (χ3v) is 7.44. The molecule has 0 saturated carbocycles. The van der Waals surface area contributed by atoms with Gasteiger partial charge in [-0.3, -0.25) is 9.80 Å². The molecule has 0 bridgehead atoms. The number of carbonyl (C=O) groups is 2. The van der Waals surface area contributed by atoms with Gasteiger partial charge in [-0.2, -0.15) is 0 Å². The van der Waals surface area contributed by atoms with Crippen molar-refractivity contribution < 1.29 is 23.8 Å². The molecule has 5 rings (SSSR count). The molecule has 0 aliphatic carbocycles. The van der Waals surface area contributed by atoms with Gasteiger partial charge in [0.25, 0.3) is 0 Å². The molecule has 8 heteroatoms. The molecule has 3 heterocycles. The van der Waals surface area contributed by atoms with Gasteiger partial charge in [-0.05, 0) is 61.6 Å². The number of nitrogens with zero attached hydrogens (tertiary/aromatic N) is 3. The van der Waals surface area contributed by atoms with Crippen molar-refractivity contribution in [1.29, 1.82) is 0 Å². The number of piperidine rings is 1. The largest absolute Gasteiger partial charge is 0.465 e. The van der Waals surface area contributed by atoms with Gasteiger partial charge in [-0.25, -0.2) is 14.6 Å². The molecule has 0 radical (unpaired) electrons. The first-order valence-corrected chi connectivity index (χ1v) is 13.0. The molecule has 1 amide bonds. The second-order valence-corrected chi connectivity index (χ2v) is 9.88. The van der Waals surface area contributed by atoms with Crippen LogP contribution in [0.5, 0.6) is 11.6 Å². The Hall–Kier alpha value is -3.91. The molecule has 3 aromatic rings. The average molecular weight is 516 g/mol. The van der Waals surface area contributed by atoms with E-state index in [4.69, 9.17) is 14.2 Å². The summed E-state index contributed by atoms with van der Waals surface area (Å²) in [6.45, 7) is 6.85. The van der Waals surface area contributed by atoms with Crippen LogP contribution in [0, 0.1) is 13.8 Å². The van der Waals surface area contributed by atoms with E-state index in [0.717, 1.165) is 54.9 Å². The number of rotatable bonds is 7. The third kappa shape index (κ3) is 5.50. The summed E-state index contributed by atoms with van der Waals surface area (Å²) >= 11 is 0. The molecule has 0 spiro atoms. The number of carbonyl (C=O) groups excluding carboxylic acids is 2. The standard InChI is InChI=1S/C30H33N3O5/c1-20-17-25(10-11-26(20)29(34)36-3)38-28-12-9-23(21(2)31-28)18-32-15-13-24(14-16-32)33-27(19-37-30(33)35)22-7-5-4-6-8-22/h4-12,17,24,27H,13-16,18-19H2,1-3H3. The van der Waals surface area contributed by atoms with Crippen LogP contribution in [0.3, 0.4) is 0 Å². The Morgan fingerprint density at radius 1 is 1.05 bits per heavy atom. The van der Waals surface area contributed by atoms with Gasteiger partial charge in [-0.15, -0.1) is 0 Å². The summed E-state index contributed by atoms with van der Waals surface area (Å²) in [4.78, 5) is 33.4.